The van der Waals surface area contributed by atoms with Crippen LogP contribution in [0.25, 0.3) is 0 Å². The molecule has 88 valence electrons. The summed E-state index contributed by atoms with van der Waals surface area (Å²) in [5.41, 5.74) is 2.31. The van der Waals surface area contributed by atoms with Crippen molar-refractivity contribution in [2.75, 3.05) is 7.05 Å². The fourth-order valence-electron chi connectivity index (χ4n) is 2.04. The fraction of sp³-hybridized carbons (Fsp3) is 0.750. The van der Waals surface area contributed by atoms with Crippen molar-refractivity contribution in [2.45, 2.75) is 51.5 Å². The predicted octanol–water partition coefficient (Wildman–Crippen LogP) is 1.29. The molecule has 1 aromatic rings. The zero-order valence-corrected chi connectivity index (χ0v) is 10.2. The summed E-state index contributed by atoms with van der Waals surface area (Å²) in [5, 5.41) is 11.7. The van der Waals surface area contributed by atoms with Crippen LogP contribution in [0, 0.1) is 0 Å². The molecule has 1 aromatic heterocycles. The summed E-state index contributed by atoms with van der Waals surface area (Å²) in [6, 6.07) is 0.408. The summed E-state index contributed by atoms with van der Waals surface area (Å²) in [5.74, 6) is 0.877. The van der Waals surface area contributed by atoms with Gasteiger partial charge >= 0.3 is 0 Å². The second kappa shape index (κ2) is 5.34. The van der Waals surface area contributed by atoms with Gasteiger partial charge in [-0.15, -0.1) is 5.10 Å². The average Bonchev–Trinajstić information content (AvgIpc) is 2.53. The van der Waals surface area contributed by atoms with E-state index in [4.69, 9.17) is 0 Å². The molecule has 0 aliphatic heterocycles. The molecule has 1 atom stereocenters. The number of rotatable bonds is 3. The van der Waals surface area contributed by atoms with Gasteiger partial charge in [-0.25, -0.2) is 4.98 Å². The van der Waals surface area contributed by atoms with Gasteiger partial charge in [-0.3, -0.25) is 0 Å². The van der Waals surface area contributed by atoms with Crippen LogP contribution in [0.1, 0.15) is 43.4 Å². The van der Waals surface area contributed by atoms with Gasteiger partial charge in [0.25, 0.3) is 0 Å². The molecular weight excluding hydrogens is 200 g/mol. The first-order chi connectivity index (χ1) is 7.79. The largest absolute Gasteiger partial charge is 0.317 e. The van der Waals surface area contributed by atoms with Crippen LogP contribution < -0.4 is 5.32 Å². The number of fused-ring (bicyclic) bond motifs is 1. The summed E-state index contributed by atoms with van der Waals surface area (Å²) in [6.07, 6.45) is 6.75. The standard InChI is InChI=1S/C12H20N4/c1-9(13-2)8-12-14-10-6-4-3-5-7-11(10)15-16-12/h9,13H,3-8H2,1-2H3. The molecular formula is C12H20N4. The van der Waals surface area contributed by atoms with Crippen molar-refractivity contribution < 1.29 is 0 Å². The zero-order valence-electron chi connectivity index (χ0n) is 10.2. The smallest absolute Gasteiger partial charge is 0.152 e. The highest BCUT2D eigenvalue weighted by molar-refractivity contribution is 5.12. The molecule has 0 aromatic carbocycles. The molecule has 16 heavy (non-hydrogen) atoms. The Bertz CT molecular complexity index is 351. The molecule has 0 saturated carbocycles. The molecule has 0 fully saturated rings. The summed E-state index contributed by atoms with van der Waals surface area (Å²) in [6.45, 7) is 2.13. The van der Waals surface area contributed by atoms with Gasteiger partial charge < -0.3 is 5.32 Å². The van der Waals surface area contributed by atoms with Gasteiger partial charge in [-0.2, -0.15) is 5.10 Å². The van der Waals surface area contributed by atoms with E-state index in [1.165, 1.54) is 25.0 Å². The van der Waals surface area contributed by atoms with E-state index in [0.29, 0.717) is 6.04 Å². The highest BCUT2D eigenvalue weighted by atomic mass is 15.2. The van der Waals surface area contributed by atoms with E-state index in [2.05, 4.69) is 27.4 Å². The molecule has 1 N–H and O–H groups in total. The van der Waals surface area contributed by atoms with Crippen LogP contribution in [0.3, 0.4) is 0 Å². The van der Waals surface area contributed by atoms with E-state index in [0.717, 1.165) is 30.8 Å². The molecule has 0 bridgehead atoms. The third-order valence-electron chi connectivity index (χ3n) is 3.19. The van der Waals surface area contributed by atoms with Crippen LogP contribution in [-0.2, 0) is 19.3 Å². The summed E-state index contributed by atoms with van der Waals surface area (Å²) in [7, 11) is 1.96. The van der Waals surface area contributed by atoms with Crippen molar-refractivity contribution in [3.05, 3.63) is 17.2 Å². The lowest BCUT2D eigenvalue weighted by molar-refractivity contribution is 0.579. The van der Waals surface area contributed by atoms with Crippen LogP contribution in [0.4, 0.5) is 0 Å². The molecule has 1 aliphatic rings. The molecule has 1 heterocycles. The molecule has 2 rings (SSSR count). The third-order valence-corrected chi connectivity index (χ3v) is 3.19. The van der Waals surface area contributed by atoms with Crippen molar-refractivity contribution >= 4 is 0 Å². The first kappa shape index (κ1) is 11.5. The number of aromatic nitrogens is 3. The van der Waals surface area contributed by atoms with Gasteiger partial charge in [0.15, 0.2) is 5.82 Å². The summed E-state index contributed by atoms with van der Waals surface area (Å²) in [4.78, 5) is 4.65. The van der Waals surface area contributed by atoms with Crippen molar-refractivity contribution in [2.24, 2.45) is 0 Å². The Morgan fingerprint density at radius 1 is 1.12 bits per heavy atom. The van der Waals surface area contributed by atoms with Crippen molar-refractivity contribution in [3.63, 3.8) is 0 Å². The minimum atomic E-state index is 0.408. The van der Waals surface area contributed by atoms with Crippen LogP contribution >= 0.6 is 0 Å². The zero-order chi connectivity index (χ0) is 11.4. The number of nitrogens with zero attached hydrogens (tertiary/aromatic N) is 3. The lowest BCUT2D eigenvalue weighted by Gasteiger charge is -2.09. The quantitative estimate of drug-likeness (QED) is 0.780. The Morgan fingerprint density at radius 3 is 2.62 bits per heavy atom. The number of aryl methyl sites for hydroxylation is 2. The lowest BCUT2D eigenvalue weighted by Crippen LogP contribution is -2.25. The second-order valence-electron chi connectivity index (χ2n) is 4.58. The Morgan fingerprint density at radius 2 is 1.88 bits per heavy atom. The van der Waals surface area contributed by atoms with E-state index >= 15 is 0 Å². The molecule has 4 nitrogen and oxygen atoms in total. The average molecular weight is 220 g/mol. The molecule has 0 amide bonds. The lowest BCUT2D eigenvalue weighted by atomic mass is 10.2. The minimum Gasteiger partial charge on any atom is -0.317 e. The SMILES string of the molecule is CNC(C)Cc1nnc2c(n1)CCCCC2. The molecule has 0 radical (unpaired) electrons. The fourth-order valence-corrected chi connectivity index (χ4v) is 2.04. The van der Waals surface area contributed by atoms with E-state index in [-0.39, 0.29) is 0 Å². The van der Waals surface area contributed by atoms with E-state index in [9.17, 15) is 0 Å². The van der Waals surface area contributed by atoms with Gasteiger partial charge in [-0.1, -0.05) is 6.42 Å². The van der Waals surface area contributed by atoms with Gasteiger partial charge in [0.2, 0.25) is 0 Å². The second-order valence-corrected chi connectivity index (χ2v) is 4.58. The number of hydrogen-bond donors (Lipinski definition) is 1. The van der Waals surface area contributed by atoms with Crippen molar-refractivity contribution in [1.82, 2.24) is 20.5 Å². The highest BCUT2D eigenvalue weighted by Gasteiger charge is 2.13. The predicted molar refractivity (Wildman–Crippen MR) is 63.3 cm³/mol. The Balaban J connectivity index is 2.14. The Kier molecular flexibility index (Phi) is 3.83. The first-order valence-corrected chi connectivity index (χ1v) is 6.18. The monoisotopic (exact) mass is 220 g/mol. The van der Waals surface area contributed by atoms with E-state index in [1.807, 2.05) is 7.05 Å². The maximum absolute atomic E-state index is 4.65. The minimum absolute atomic E-state index is 0.408. The molecule has 1 unspecified atom stereocenters. The van der Waals surface area contributed by atoms with Crippen LogP contribution in [0.15, 0.2) is 0 Å². The van der Waals surface area contributed by atoms with E-state index in [1.54, 1.807) is 0 Å². The number of hydrogen-bond acceptors (Lipinski definition) is 4. The third kappa shape index (κ3) is 2.76. The summed E-state index contributed by atoms with van der Waals surface area (Å²) >= 11 is 0. The van der Waals surface area contributed by atoms with Gasteiger partial charge in [0.1, 0.15) is 0 Å². The maximum Gasteiger partial charge on any atom is 0.152 e. The summed E-state index contributed by atoms with van der Waals surface area (Å²) < 4.78 is 0. The molecule has 4 heteroatoms. The normalized spacial score (nSPS) is 17.6. The molecule has 0 saturated heterocycles. The van der Waals surface area contributed by atoms with E-state index < -0.39 is 0 Å². The van der Waals surface area contributed by atoms with Crippen LogP contribution in [0.2, 0.25) is 0 Å². The van der Waals surface area contributed by atoms with Gasteiger partial charge in [0.05, 0.1) is 11.4 Å². The van der Waals surface area contributed by atoms with Crippen LogP contribution in [-0.4, -0.2) is 28.3 Å². The van der Waals surface area contributed by atoms with Gasteiger partial charge in [0, 0.05) is 12.5 Å². The van der Waals surface area contributed by atoms with Crippen molar-refractivity contribution in [1.29, 1.82) is 0 Å². The molecule has 0 spiro atoms. The number of nitrogens with one attached hydrogen (secondary N) is 1. The van der Waals surface area contributed by atoms with Crippen molar-refractivity contribution in [3.8, 4) is 0 Å². The Labute approximate surface area is 96.9 Å². The molecule has 1 aliphatic carbocycles. The highest BCUT2D eigenvalue weighted by Crippen LogP contribution is 2.16. The topological polar surface area (TPSA) is 50.7 Å². The number of likely N-dealkylation sites (N-methyl/N-ethyl adjacent to an activating group) is 1. The van der Waals surface area contributed by atoms with Gasteiger partial charge in [-0.05, 0) is 39.7 Å². The maximum atomic E-state index is 4.65. The Hall–Kier alpha value is -1.03. The van der Waals surface area contributed by atoms with Crippen LogP contribution in [0.5, 0.6) is 0 Å². The first-order valence-electron chi connectivity index (χ1n) is 6.18.